The molecule has 13 heavy (non-hydrogen) atoms. The second-order valence-electron chi connectivity index (χ2n) is 3.56. The summed E-state index contributed by atoms with van der Waals surface area (Å²) in [7, 11) is 0. The van der Waals surface area contributed by atoms with Crippen LogP contribution in [0.15, 0.2) is 0 Å². The molecule has 0 spiro atoms. The number of hydrogen-bond acceptors (Lipinski definition) is 4. The zero-order valence-electron chi connectivity index (χ0n) is 7.89. The van der Waals surface area contributed by atoms with Gasteiger partial charge >= 0.3 is 0 Å². The summed E-state index contributed by atoms with van der Waals surface area (Å²) in [4.78, 5) is 0. The van der Waals surface area contributed by atoms with Crippen molar-refractivity contribution in [1.82, 2.24) is 0 Å². The van der Waals surface area contributed by atoms with Crippen molar-refractivity contribution in [2.45, 2.75) is 50.6 Å². The van der Waals surface area contributed by atoms with Crippen LogP contribution in [0.1, 0.15) is 26.2 Å². The minimum absolute atomic E-state index is 0.118. The van der Waals surface area contributed by atoms with Gasteiger partial charge in [0, 0.05) is 0 Å². The Hall–Kier alpha value is -0.160. The molecule has 0 saturated carbocycles. The number of aliphatic hydroxyl groups is 3. The molecule has 0 aromatic heterocycles. The minimum atomic E-state index is -1.06. The zero-order valence-corrected chi connectivity index (χ0v) is 7.89. The first-order valence-corrected chi connectivity index (χ1v) is 4.82. The van der Waals surface area contributed by atoms with E-state index in [9.17, 15) is 10.2 Å². The molecule has 0 unspecified atom stereocenters. The van der Waals surface area contributed by atoms with Gasteiger partial charge < -0.3 is 20.1 Å². The quantitative estimate of drug-likeness (QED) is 0.569. The Morgan fingerprint density at radius 2 is 1.92 bits per heavy atom. The Kier molecular flexibility index (Phi) is 4.12. The topological polar surface area (TPSA) is 69.9 Å². The molecule has 1 aliphatic rings. The summed E-state index contributed by atoms with van der Waals surface area (Å²) in [5.41, 5.74) is 0. The second kappa shape index (κ2) is 4.91. The first-order valence-electron chi connectivity index (χ1n) is 4.82. The Bertz CT molecular complexity index is 149. The van der Waals surface area contributed by atoms with Crippen LogP contribution in [0.2, 0.25) is 0 Å². The van der Waals surface area contributed by atoms with Gasteiger partial charge in [0.1, 0.15) is 18.3 Å². The van der Waals surface area contributed by atoms with Crippen molar-refractivity contribution in [2.75, 3.05) is 6.61 Å². The van der Waals surface area contributed by atoms with E-state index in [1.807, 2.05) is 0 Å². The lowest BCUT2D eigenvalue weighted by Gasteiger charge is -2.35. The van der Waals surface area contributed by atoms with Crippen molar-refractivity contribution in [1.29, 1.82) is 0 Å². The molecule has 78 valence electrons. The van der Waals surface area contributed by atoms with Gasteiger partial charge in [-0.05, 0) is 6.42 Å². The summed E-state index contributed by atoms with van der Waals surface area (Å²) < 4.78 is 5.21. The maximum absolute atomic E-state index is 9.50. The van der Waals surface area contributed by atoms with Crippen LogP contribution in [-0.2, 0) is 4.74 Å². The largest absolute Gasteiger partial charge is 0.388 e. The van der Waals surface area contributed by atoms with E-state index < -0.39 is 18.3 Å². The average Bonchev–Trinajstić information content (AvgIpc) is 2.13. The fraction of sp³-hybridized carbons (Fsp3) is 1.00. The molecule has 0 aromatic rings. The maximum Gasteiger partial charge on any atom is 0.111 e. The van der Waals surface area contributed by atoms with Crippen LogP contribution in [0, 0.1) is 0 Å². The summed E-state index contributed by atoms with van der Waals surface area (Å²) in [6.07, 6.45) is -0.547. The fourth-order valence-corrected chi connectivity index (χ4v) is 1.53. The van der Waals surface area contributed by atoms with E-state index in [-0.39, 0.29) is 12.7 Å². The number of hydrogen-bond donors (Lipinski definition) is 3. The Balaban J connectivity index is 2.39. The van der Waals surface area contributed by atoms with Gasteiger partial charge in [-0.25, -0.2) is 0 Å². The van der Waals surface area contributed by atoms with Crippen molar-refractivity contribution < 1.29 is 20.1 Å². The van der Waals surface area contributed by atoms with Gasteiger partial charge in [-0.2, -0.15) is 0 Å². The van der Waals surface area contributed by atoms with Crippen molar-refractivity contribution in [2.24, 2.45) is 0 Å². The van der Waals surface area contributed by atoms with Crippen LogP contribution in [0.4, 0.5) is 0 Å². The first kappa shape index (κ1) is 10.9. The molecule has 4 nitrogen and oxygen atoms in total. The number of unbranched alkanes of at least 4 members (excludes halogenated alkanes) is 1. The predicted molar refractivity (Wildman–Crippen MR) is 47.3 cm³/mol. The number of aliphatic hydroxyl groups excluding tert-OH is 3. The summed E-state index contributed by atoms with van der Waals surface area (Å²) in [6, 6.07) is 0. The molecule has 4 atom stereocenters. The molecule has 3 N–H and O–H groups in total. The summed E-state index contributed by atoms with van der Waals surface area (Å²) in [6.45, 7) is 2.17. The van der Waals surface area contributed by atoms with Crippen molar-refractivity contribution >= 4 is 0 Å². The molecule has 1 rings (SSSR count). The molecule has 0 aliphatic carbocycles. The lowest BCUT2D eigenvalue weighted by atomic mass is 9.96. The van der Waals surface area contributed by atoms with E-state index in [0.29, 0.717) is 0 Å². The maximum atomic E-state index is 9.50. The van der Waals surface area contributed by atoms with Crippen molar-refractivity contribution in [3.8, 4) is 0 Å². The van der Waals surface area contributed by atoms with E-state index in [1.54, 1.807) is 0 Å². The molecule has 0 bridgehead atoms. The summed E-state index contributed by atoms with van der Waals surface area (Å²) >= 11 is 0. The van der Waals surface area contributed by atoms with Gasteiger partial charge in [0.2, 0.25) is 0 Å². The van der Waals surface area contributed by atoms with Gasteiger partial charge in [-0.1, -0.05) is 19.8 Å². The molecule has 1 heterocycles. The smallest absolute Gasteiger partial charge is 0.111 e. The van der Waals surface area contributed by atoms with Gasteiger partial charge in [-0.3, -0.25) is 0 Å². The third-order valence-electron chi connectivity index (χ3n) is 2.45. The summed E-state index contributed by atoms with van der Waals surface area (Å²) in [5.74, 6) is 0. The van der Waals surface area contributed by atoms with Crippen LogP contribution >= 0.6 is 0 Å². The normalized spacial score (nSPS) is 40.6. The van der Waals surface area contributed by atoms with Crippen LogP contribution in [-0.4, -0.2) is 46.3 Å². The van der Waals surface area contributed by atoms with Crippen molar-refractivity contribution in [3.63, 3.8) is 0 Å². The van der Waals surface area contributed by atoms with Crippen LogP contribution in [0.5, 0.6) is 0 Å². The molecule has 1 aliphatic heterocycles. The number of rotatable bonds is 3. The van der Waals surface area contributed by atoms with Gasteiger partial charge in [-0.15, -0.1) is 0 Å². The molecule has 1 saturated heterocycles. The molecule has 0 amide bonds. The Labute approximate surface area is 78.1 Å². The van der Waals surface area contributed by atoms with Gasteiger partial charge in [0.05, 0.1) is 12.7 Å². The molecular weight excluding hydrogens is 172 g/mol. The van der Waals surface area contributed by atoms with E-state index in [0.717, 1.165) is 19.3 Å². The SMILES string of the molecule is CCCC[C@@H]1OC[C@@H](O)[C@H](O)[C@@H]1O. The van der Waals surface area contributed by atoms with E-state index >= 15 is 0 Å². The van der Waals surface area contributed by atoms with Crippen LogP contribution in [0.25, 0.3) is 0 Å². The Morgan fingerprint density at radius 3 is 2.54 bits per heavy atom. The van der Waals surface area contributed by atoms with Crippen molar-refractivity contribution in [3.05, 3.63) is 0 Å². The highest BCUT2D eigenvalue weighted by Gasteiger charge is 2.36. The second-order valence-corrected chi connectivity index (χ2v) is 3.56. The Morgan fingerprint density at radius 1 is 1.23 bits per heavy atom. The summed E-state index contributed by atoms with van der Waals surface area (Å²) in [5, 5.41) is 28.0. The van der Waals surface area contributed by atoms with Crippen LogP contribution in [0.3, 0.4) is 0 Å². The molecule has 0 radical (unpaired) electrons. The standard InChI is InChI=1S/C9H18O4/c1-2-3-4-7-9(12)8(11)6(10)5-13-7/h6-12H,2-5H2,1H3/t6-,7+,8+,9-/m1/s1. The van der Waals surface area contributed by atoms with E-state index in [2.05, 4.69) is 6.92 Å². The van der Waals surface area contributed by atoms with Gasteiger partial charge in [0.25, 0.3) is 0 Å². The lowest BCUT2D eigenvalue weighted by molar-refractivity contribution is -0.188. The zero-order chi connectivity index (χ0) is 9.84. The highest BCUT2D eigenvalue weighted by molar-refractivity contribution is 4.86. The third kappa shape index (κ3) is 2.64. The number of ether oxygens (including phenoxy) is 1. The van der Waals surface area contributed by atoms with Crippen LogP contribution < -0.4 is 0 Å². The molecule has 4 heteroatoms. The average molecular weight is 190 g/mol. The first-order chi connectivity index (χ1) is 6.16. The van der Waals surface area contributed by atoms with Gasteiger partial charge in [0.15, 0.2) is 0 Å². The minimum Gasteiger partial charge on any atom is -0.388 e. The lowest BCUT2D eigenvalue weighted by Crippen LogP contribution is -2.52. The van der Waals surface area contributed by atoms with E-state index in [1.165, 1.54) is 0 Å². The predicted octanol–water partition coefficient (Wildman–Crippen LogP) is -0.342. The fourth-order valence-electron chi connectivity index (χ4n) is 1.53. The molecular formula is C9H18O4. The van der Waals surface area contributed by atoms with E-state index in [4.69, 9.17) is 9.84 Å². The molecule has 0 aromatic carbocycles. The molecule has 1 fully saturated rings. The highest BCUT2D eigenvalue weighted by atomic mass is 16.5. The highest BCUT2D eigenvalue weighted by Crippen LogP contribution is 2.19. The third-order valence-corrected chi connectivity index (χ3v) is 2.45. The monoisotopic (exact) mass is 190 g/mol.